The van der Waals surface area contributed by atoms with Gasteiger partial charge in [-0.2, -0.15) is 0 Å². The molecule has 0 saturated carbocycles. The number of rotatable bonds is 2. The zero-order valence-corrected chi connectivity index (χ0v) is 12.9. The first-order valence-electron chi connectivity index (χ1n) is 7.32. The number of hydrogen-bond donors (Lipinski definition) is 1. The molecular weight excluding hydrogens is 272 g/mol. The first-order valence-corrected chi connectivity index (χ1v) is 8.20. The van der Waals surface area contributed by atoms with Gasteiger partial charge in [-0.1, -0.05) is 0 Å². The molecule has 4 nitrogen and oxygen atoms in total. The predicted octanol–water partition coefficient (Wildman–Crippen LogP) is 2.69. The number of methoxy groups -OCH3 is 1. The maximum atomic E-state index is 12.0. The highest BCUT2D eigenvalue weighted by atomic mass is 32.1. The number of fused-ring (bicyclic) bond motifs is 2. The van der Waals surface area contributed by atoms with Crippen molar-refractivity contribution in [1.29, 1.82) is 0 Å². The topological polar surface area (TPSA) is 55.6 Å². The van der Waals surface area contributed by atoms with E-state index in [-0.39, 0.29) is 5.97 Å². The summed E-state index contributed by atoms with van der Waals surface area (Å²) in [4.78, 5) is 15.2. The summed E-state index contributed by atoms with van der Waals surface area (Å²) in [7, 11) is 1.45. The minimum atomic E-state index is -0.217. The van der Waals surface area contributed by atoms with Crippen molar-refractivity contribution < 1.29 is 9.53 Å². The third kappa shape index (κ3) is 2.23. The van der Waals surface area contributed by atoms with Gasteiger partial charge in [0.2, 0.25) is 0 Å². The van der Waals surface area contributed by atoms with Crippen molar-refractivity contribution in [2.75, 3.05) is 12.0 Å². The maximum Gasteiger partial charge on any atom is 0.350 e. The molecule has 2 fully saturated rings. The Hall–Kier alpha value is -1.07. The second-order valence-corrected chi connectivity index (χ2v) is 6.84. The summed E-state index contributed by atoms with van der Waals surface area (Å²) >= 11 is 1.49. The molecule has 20 heavy (non-hydrogen) atoms. The molecule has 0 amide bonds. The van der Waals surface area contributed by atoms with E-state index in [4.69, 9.17) is 10.5 Å². The molecule has 3 heterocycles. The Morgan fingerprint density at radius 3 is 2.65 bits per heavy atom. The smallest absolute Gasteiger partial charge is 0.350 e. The Bertz CT molecular complexity index is 500. The first-order chi connectivity index (χ1) is 9.61. The highest BCUT2D eigenvalue weighted by molar-refractivity contribution is 7.12. The molecule has 2 N–H and O–H groups in total. The van der Waals surface area contributed by atoms with E-state index in [2.05, 4.69) is 17.2 Å². The lowest BCUT2D eigenvalue weighted by Crippen LogP contribution is -2.56. The summed E-state index contributed by atoms with van der Waals surface area (Å²) in [5.74, 6) is -0.217. The van der Waals surface area contributed by atoms with E-state index in [0.29, 0.717) is 18.1 Å². The average molecular weight is 294 g/mol. The zero-order chi connectivity index (χ0) is 14.3. The van der Waals surface area contributed by atoms with Crippen LogP contribution in [0.1, 0.15) is 47.3 Å². The van der Waals surface area contributed by atoms with Crippen LogP contribution in [0.15, 0.2) is 5.38 Å². The quantitative estimate of drug-likeness (QED) is 0.852. The van der Waals surface area contributed by atoms with Crippen molar-refractivity contribution in [2.24, 2.45) is 5.73 Å². The molecule has 110 valence electrons. The molecule has 3 rings (SSSR count). The fourth-order valence-corrected chi connectivity index (χ4v) is 4.75. The van der Waals surface area contributed by atoms with Crippen LogP contribution in [0.25, 0.3) is 0 Å². The van der Waals surface area contributed by atoms with Crippen LogP contribution >= 0.6 is 11.3 Å². The highest BCUT2D eigenvalue weighted by Gasteiger charge is 2.39. The van der Waals surface area contributed by atoms with Gasteiger partial charge in [-0.15, -0.1) is 11.3 Å². The predicted molar refractivity (Wildman–Crippen MR) is 81.5 cm³/mol. The number of esters is 1. The Kier molecular flexibility index (Phi) is 3.73. The molecule has 0 aromatic carbocycles. The monoisotopic (exact) mass is 294 g/mol. The Labute approximate surface area is 123 Å². The van der Waals surface area contributed by atoms with Gasteiger partial charge >= 0.3 is 5.97 Å². The van der Waals surface area contributed by atoms with Gasteiger partial charge in [-0.05, 0) is 50.0 Å². The van der Waals surface area contributed by atoms with Gasteiger partial charge in [0.05, 0.1) is 12.8 Å². The Morgan fingerprint density at radius 2 is 2.05 bits per heavy atom. The molecule has 2 bridgehead atoms. The van der Waals surface area contributed by atoms with Crippen molar-refractivity contribution in [3.63, 3.8) is 0 Å². The summed E-state index contributed by atoms with van der Waals surface area (Å²) in [6.45, 7) is 2.09. The van der Waals surface area contributed by atoms with Gasteiger partial charge < -0.3 is 15.4 Å². The summed E-state index contributed by atoms with van der Waals surface area (Å²) in [5, 5.41) is 2.06. The molecular formula is C15H22N2O2S. The van der Waals surface area contributed by atoms with Crippen LogP contribution in [0, 0.1) is 6.92 Å². The van der Waals surface area contributed by atoms with Gasteiger partial charge in [-0.3, -0.25) is 0 Å². The molecule has 0 aliphatic carbocycles. The standard InChI is InChI=1S/C15H22N2O2S/c1-9-8-20-14(15(18)19-2)13(9)17-11-4-3-5-12(17)7-10(16)6-11/h8,10-12H,3-7,16H2,1-2H3. The Morgan fingerprint density at radius 1 is 1.40 bits per heavy atom. The highest BCUT2D eigenvalue weighted by Crippen LogP contribution is 2.42. The number of piperidine rings is 2. The number of aryl methyl sites for hydroxylation is 1. The van der Waals surface area contributed by atoms with Crippen LogP contribution in [0.4, 0.5) is 5.69 Å². The lowest BCUT2D eigenvalue weighted by atomic mass is 9.81. The first kappa shape index (κ1) is 13.9. The van der Waals surface area contributed by atoms with Gasteiger partial charge in [0.1, 0.15) is 4.88 Å². The molecule has 2 aliphatic heterocycles. The SMILES string of the molecule is COC(=O)c1scc(C)c1N1C2CCCC1CC(N)C2. The van der Waals surface area contributed by atoms with Crippen LogP contribution in [0.3, 0.4) is 0 Å². The van der Waals surface area contributed by atoms with Crippen molar-refractivity contribution >= 4 is 23.0 Å². The molecule has 0 radical (unpaired) electrons. The summed E-state index contributed by atoms with van der Waals surface area (Å²) in [5.41, 5.74) is 8.47. The van der Waals surface area contributed by atoms with Crippen LogP contribution in [-0.4, -0.2) is 31.2 Å². The van der Waals surface area contributed by atoms with Crippen LogP contribution in [0.5, 0.6) is 0 Å². The number of ether oxygens (including phenoxy) is 1. The Balaban J connectivity index is 2.00. The number of carbonyl (C=O) groups excluding carboxylic acids is 1. The summed E-state index contributed by atoms with van der Waals surface area (Å²) < 4.78 is 4.94. The van der Waals surface area contributed by atoms with E-state index in [1.807, 2.05) is 0 Å². The van der Waals surface area contributed by atoms with Gasteiger partial charge in [0.25, 0.3) is 0 Å². The second kappa shape index (κ2) is 5.37. The number of thiophene rings is 1. The fourth-order valence-electron chi connectivity index (χ4n) is 3.78. The zero-order valence-electron chi connectivity index (χ0n) is 12.1. The molecule has 2 unspecified atom stereocenters. The largest absolute Gasteiger partial charge is 0.465 e. The lowest BCUT2D eigenvalue weighted by Gasteiger charge is -2.50. The molecule has 1 aromatic heterocycles. The fraction of sp³-hybridized carbons (Fsp3) is 0.667. The van der Waals surface area contributed by atoms with Crippen molar-refractivity contribution in [2.45, 2.75) is 57.2 Å². The normalized spacial score (nSPS) is 29.4. The number of nitrogens with two attached hydrogens (primary N) is 1. The minimum Gasteiger partial charge on any atom is -0.465 e. The molecule has 2 saturated heterocycles. The van der Waals surface area contributed by atoms with Crippen LogP contribution in [-0.2, 0) is 4.74 Å². The third-order valence-electron chi connectivity index (χ3n) is 4.58. The number of hydrogen-bond acceptors (Lipinski definition) is 5. The number of carbonyl (C=O) groups is 1. The van der Waals surface area contributed by atoms with Gasteiger partial charge in [-0.25, -0.2) is 4.79 Å². The van der Waals surface area contributed by atoms with E-state index < -0.39 is 0 Å². The molecule has 0 spiro atoms. The van der Waals surface area contributed by atoms with Gasteiger partial charge in [0, 0.05) is 18.1 Å². The molecule has 1 aromatic rings. The third-order valence-corrected chi connectivity index (χ3v) is 5.65. The lowest BCUT2D eigenvalue weighted by molar-refractivity contribution is 0.0606. The van der Waals surface area contributed by atoms with Crippen LogP contribution in [0.2, 0.25) is 0 Å². The summed E-state index contributed by atoms with van der Waals surface area (Å²) in [6.07, 6.45) is 5.70. The minimum absolute atomic E-state index is 0.217. The molecule has 5 heteroatoms. The average Bonchev–Trinajstić information content (AvgIpc) is 2.78. The van der Waals surface area contributed by atoms with E-state index in [9.17, 15) is 4.79 Å². The van der Waals surface area contributed by atoms with Gasteiger partial charge in [0.15, 0.2) is 0 Å². The molecule has 2 aliphatic rings. The van der Waals surface area contributed by atoms with Crippen molar-refractivity contribution in [3.05, 3.63) is 15.8 Å². The van der Waals surface area contributed by atoms with E-state index in [0.717, 1.165) is 23.4 Å². The maximum absolute atomic E-state index is 12.0. The van der Waals surface area contributed by atoms with Crippen molar-refractivity contribution in [1.82, 2.24) is 0 Å². The molecule has 2 atom stereocenters. The number of anilines is 1. The van der Waals surface area contributed by atoms with E-state index in [1.54, 1.807) is 0 Å². The van der Waals surface area contributed by atoms with E-state index in [1.165, 1.54) is 43.3 Å². The second-order valence-electron chi connectivity index (χ2n) is 5.97. The van der Waals surface area contributed by atoms with E-state index >= 15 is 0 Å². The van der Waals surface area contributed by atoms with Crippen LogP contribution < -0.4 is 10.6 Å². The van der Waals surface area contributed by atoms with Crippen molar-refractivity contribution in [3.8, 4) is 0 Å². The number of nitrogens with zero attached hydrogens (tertiary/aromatic N) is 1. The summed E-state index contributed by atoms with van der Waals surface area (Å²) in [6, 6.07) is 1.27.